The summed E-state index contributed by atoms with van der Waals surface area (Å²) in [5, 5.41) is 0. The van der Waals surface area contributed by atoms with E-state index in [1.54, 1.807) is 0 Å². The lowest BCUT2D eigenvalue weighted by molar-refractivity contribution is -0.161. The fourth-order valence-corrected chi connectivity index (χ4v) is 3.76. The Morgan fingerprint density at radius 1 is 1.33 bits per heavy atom. The van der Waals surface area contributed by atoms with E-state index in [0.29, 0.717) is 5.92 Å². The van der Waals surface area contributed by atoms with Crippen LogP contribution in [0.15, 0.2) is 43.0 Å². The number of hydrogen-bond donors (Lipinski definition) is 0. The quantitative estimate of drug-likeness (QED) is 0.729. The van der Waals surface area contributed by atoms with Gasteiger partial charge in [0, 0.05) is 12.5 Å². The van der Waals surface area contributed by atoms with E-state index in [-0.39, 0.29) is 11.4 Å². The summed E-state index contributed by atoms with van der Waals surface area (Å²) in [6.45, 7) is 4.54. The Kier molecular flexibility index (Phi) is 2.73. The average molecular weight is 241 g/mol. The van der Waals surface area contributed by atoms with Crippen LogP contribution in [0.1, 0.15) is 31.2 Å². The number of benzene rings is 1. The second kappa shape index (κ2) is 4.27. The minimum absolute atomic E-state index is 0.0369. The third-order valence-corrected chi connectivity index (χ3v) is 4.63. The molecule has 94 valence electrons. The Hall–Kier alpha value is -1.57. The third kappa shape index (κ3) is 1.45. The number of rotatable bonds is 2. The third-order valence-electron chi connectivity index (χ3n) is 4.63. The lowest BCUT2D eigenvalue weighted by atomic mass is 9.61. The monoisotopic (exact) mass is 241 g/mol. The number of amides is 1. The molecule has 1 saturated heterocycles. The lowest BCUT2D eigenvalue weighted by Crippen LogP contribution is -2.67. The van der Waals surface area contributed by atoms with E-state index in [2.05, 4.69) is 30.8 Å². The van der Waals surface area contributed by atoms with Gasteiger partial charge in [0.2, 0.25) is 5.91 Å². The predicted octanol–water partition coefficient (Wildman–Crippen LogP) is 3.10. The van der Waals surface area contributed by atoms with Crippen molar-refractivity contribution in [1.82, 2.24) is 4.90 Å². The number of fused-ring (bicyclic) bond motifs is 1. The molecule has 1 saturated carbocycles. The van der Waals surface area contributed by atoms with Crippen LogP contribution in [0.25, 0.3) is 0 Å². The maximum absolute atomic E-state index is 12.0. The highest BCUT2D eigenvalue weighted by molar-refractivity contribution is 5.88. The van der Waals surface area contributed by atoms with Crippen LogP contribution < -0.4 is 0 Å². The zero-order valence-corrected chi connectivity index (χ0v) is 10.6. The fourth-order valence-electron chi connectivity index (χ4n) is 3.76. The van der Waals surface area contributed by atoms with Crippen molar-refractivity contribution in [2.24, 2.45) is 5.92 Å². The molecule has 2 heteroatoms. The number of hydrogen-bond acceptors (Lipinski definition) is 1. The molecule has 18 heavy (non-hydrogen) atoms. The van der Waals surface area contributed by atoms with E-state index in [9.17, 15) is 4.79 Å². The van der Waals surface area contributed by atoms with Gasteiger partial charge in [0.15, 0.2) is 0 Å². The Morgan fingerprint density at radius 2 is 2.11 bits per heavy atom. The number of nitrogens with zero attached hydrogens (tertiary/aromatic N) is 1. The van der Waals surface area contributed by atoms with Gasteiger partial charge in [-0.05, 0) is 24.5 Å². The molecule has 2 fully saturated rings. The second-order valence-corrected chi connectivity index (χ2v) is 5.39. The van der Waals surface area contributed by atoms with Gasteiger partial charge >= 0.3 is 0 Å². The van der Waals surface area contributed by atoms with Crippen molar-refractivity contribution in [3.63, 3.8) is 0 Å². The summed E-state index contributed by atoms with van der Waals surface area (Å²) in [5.74, 6) is 0.717. The molecule has 0 radical (unpaired) electrons. The first-order valence-corrected chi connectivity index (χ1v) is 6.78. The van der Waals surface area contributed by atoms with E-state index in [0.717, 1.165) is 13.0 Å². The van der Waals surface area contributed by atoms with E-state index < -0.39 is 0 Å². The normalized spacial score (nSPS) is 30.2. The molecule has 1 aliphatic carbocycles. The Labute approximate surface area is 108 Å². The highest BCUT2D eigenvalue weighted by atomic mass is 16.2. The molecule has 1 aromatic carbocycles. The smallest absolute Gasteiger partial charge is 0.246 e. The lowest BCUT2D eigenvalue weighted by Gasteiger charge is -2.61. The van der Waals surface area contributed by atoms with Gasteiger partial charge in [-0.15, -0.1) is 0 Å². The molecule has 0 bridgehead atoms. The van der Waals surface area contributed by atoms with Crippen LogP contribution in [0.3, 0.4) is 0 Å². The van der Waals surface area contributed by atoms with Crippen molar-refractivity contribution in [1.29, 1.82) is 0 Å². The zero-order chi connectivity index (χ0) is 12.6. The van der Waals surface area contributed by atoms with Gasteiger partial charge in [-0.1, -0.05) is 49.8 Å². The Balaban J connectivity index is 2.02. The van der Waals surface area contributed by atoms with Crippen LogP contribution in [0.5, 0.6) is 0 Å². The minimum Gasteiger partial charge on any atom is -0.329 e. The topological polar surface area (TPSA) is 20.3 Å². The fraction of sp³-hybridized carbons (Fsp3) is 0.438. The van der Waals surface area contributed by atoms with Gasteiger partial charge in [0.05, 0.1) is 5.54 Å². The van der Waals surface area contributed by atoms with Crippen molar-refractivity contribution in [3.8, 4) is 0 Å². The summed E-state index contributed by atoms with van der Waals surface area (Å²) in [7, 11) is 0. The first kappa shape index (κ1) is 11.5. The van der Waals surface area contributed by atoms with Crippen molar-refractivity contribution < 1.29 is 4.79 Å². The van der Waals surface area contributed by atoms with E-state index in [4.69, 9.17) is 0 Å². The van der Waals surface area contributed by atoms with Crippen molar-refractivity contribution >= 4 is 5.91 Å². The summed E-state index contributed by atoms with van der Waals surface area (Å²) >= 11 is 0. The highest BCUT2D eigenvalue weighted by Crippen LogP contribution is 2.53. The molecule has 0 N–H and O–H groups in total. The summed E-state index contributed by atoms with van der Waals surface area (Å²) in [4.78, 5) is 14.1. The summed E-state index contributed by atoms with van der Waals surface area (Å²) in [6, 6.07) is 10.5. The maximum Gasteiger partial charge on any atom is 0.246 e. The molecule has 3 rings (SSSR count). The van der Waals surface area contributed by atoms with Gasteiger partial charge in [-0.3, -0.25) is 4.79 Å². The molecule has 2 aliphatic rings. The standard InChI is InChI=1S/C16H19NO/c1-2-15(18)17-12-14-10-6-7-11-16(14,17)13-8-4-3-5-9-13/h2-5,8-9,14H,1,6-7,10-12H2/t14-,16+/m1/s1. The van der Waals surface area contributed by atoms with Crippen LogP contribution >= 0.6 is 0 Å². The average Bonchev–Trinajstić information content (AvgIpc) is 2.41. The summed E-state index contributed by atoms with van der Waals surface area (Å²) < 4.78 is 0. The number of carbonyl (C=O) groups excluding carboxylic acids is 1. The molecule has 0 unspecified atom stereocenters. The molecule has 1 amide bonds. The molecule has 0 spiro atoms. The molecular formula is C16H19NO. The molecule has 1 heterocycles. The number of carbonyl (C=O) groups is 1. The molecule has 2 nitrogen and oxygen atoms in total. The van der Waals surface area contributed by atoms with Crippen molar-refractivity contribution in [2.75, 3.05) is 6.54 Å². The Bertz CT molecular complexity index is 467. The molecule has 1 aliphatic heterocycles. The Morgan fingerprint density at radius 3 is 2.78 bits per heavy atom. The van der Waals surface area contributed by atoms with E-state index in [1.165, 1.54) is 30.9 Å². The maximum atomic E-state index is 12.0. The van der Waals surface area contributed by atoms with Gasteiger partial charge in [-0.25, -0.2) is 0 Å². The van der Waals surface area contributed by atoms with Crippen LogP contribution in [0, 0.1) is 5.92 Å². The predicted molar refractivity (Wildman–Crippen MR) is 72.0 cm³/mol. The van der Waals surface area contributed by atoms with Gasteiger partial charge < -0.3 is 4.90 Å². The first-order chi connectivity index (χ1) is 8.79. The van der Waals surface area contributed by atoms with Gasteiger partial charge in [0.1, 0.15) is 0 Å². The van der Waals surface area contributed by atoms with Gasteiger partial charge in [-0.2, -0.15) is 0 Å². The molecular weight excluding hydrogens is 222 g/mol. The number of likely N-dealkylation sites (tertiary alicyclic amines) is 1. The summed E-state index contributed by atoms with van der Waals surface area (Å²) in [6.07, 6.45) is 6.31. The highest BCUT2D eigenvalue weighted by Gasteiger charge is 2.56. The first-order valence-electron chi connectivity index (χ1n) is 6.78. The largest absolute Gasteiger partial charge is 0.329 e. The molecule has 2 atom stereocenters. The second-order valence-electron chi connectivity index (χ2n) is 5.39. The SMILES string of the molecule is C=CC(=O)N1C[C@H]2CCCC[C@]21c1ccccc1. The van der Waals surface area contributed by atoms with Crippen LogP contribution in [-0.4, -0.2) is 17.4 Å². The molecule has 0 aromatic heterocycles. The molecule has 1 aromatic rings. The zero-order valence-electron chi connectivity index (χ0n) is 10.6. The van der Waals surface area contributed by atoms with Crippen LogP contribution in [0.4, 0.5) is 0 Å². The van der Waals surface area contributed by atoms with Crippen LogP contribution in [-0.2, 0) is 10.3 Å². The van der Waals surface area contributed by atoms with Gasteiger partial charge in [0.25, 0.3) is 0 Å². The summed E-state index contributed by atoms with van der Waals surface area (Å²) in [5.41, 5.74) is 1.27. The minimum atomic E-state index is -0.0369. The van der Waals surface area contributed by atoms with Crippen LogP contribution in [0.2, 0.25) is 0 Å². The van der Waals surface area contributed by atoms with Crippen molar-refractivity contribution in [2.45, 2.75) is 31.2 Å². The van der Waals surface area contributed by atoms with E-state index in [1.807, 2.05) is 11.0 Å². The van der Waals surface area contributed by atoms with Crippen molar-refractivity contribution in [3.05, 3.63) is 48.6 Å². The van der Waals surface area contributed by atoms with E-state index >= 15 is 0 Å².